The fourth-order valence-electron chi connectivity index (χ4n) is 2.38. The highest BCUT2D eigenvalue weighted by Gasteiger charge is 2.23. The van der Waals surface area contributed by atoms with Crippen LogP contribution < -0.4 is 10.9 Å². The van der Waals surface area contributed by atoms with Crippen molar-refractivity contribution in [2.75, 3.05) is 5.32 Å². The minimum absolute atomic E-state index is 0.267. The summed E-state index contributed by atoms with van der Waals surface area (Å²) in [5.41, 5.74) is 0.501. The number of hydrogen-bond acceptors (Lipinski definition) is 4. The number of rotatable bonds is 2. The Morgan fingerprint density at radius 2 is 1.96 bits per heavy atom. The molecule has 5 nitrogen and oxygen atoms in total. The minimum Gasteiger partial charge on any atom is -0.506 e. The number of halogens is 1. The molecule has 0 bridgehead atoms. The molecule has 1 aromatic carbocycles. The van der Waals surface area contributed by atoms with Gasteiger partial charge in [0, 0.05) is 17.8 Å². The van der Waals surface area contributed by atoms with Crippen molar-refractivity contribution < 1.29 is 9.90 Å². The topological polar surface area (TPSA) is 71.3 Å². The van der Waals surface area contributed by atoms with Gasteiger partial charge in [0.25, 0.3) is 11.5 Å². The number of benzene rings is 1. The van der Waals surface area contributed by atoms with Crippen molar-refractivity contribution in [3.63, 3.8) is 0 Å². The molecule has 0 aliphatic rings. The maximum Gasteiger partial charge on any atom is 0.268 e. The van der Waals surface area contributed by atoms with Gasteiger partial charge in [-0.15, -0.1) is 11.3 Å². The zero-order chi connectivity index (χ0) is 16.7. The Morgan fingerprint density at radius 1 is 1.30 bits per heavy atom. The Bertz CT molecular complexity index is 974. The van der Waals surface area contributed by atoms with E-state index in [1.165, 1.54) is 15.9 Å². The normalized spacial score (nSPS) is 10.9. The SMILES string of the molecule is Cc1csc2c1c(O)c(C(=O)Nc1ccc(Cl)cc1)c(=O)n2C. The number of carbonyl (C=O) groups is 1. The van der Waals surface area contributed by atoms with Gasteiger partial charge in [0.05, 0.1) is 5.39 Å². The second kappa shape index (κ2) is 5.72. The number of aryl methyl sites for hydroxylation is 2. The van der Waals surface area contributed by atoms with Crippen LogP contribution in [0, 0.1) is 6.92 Å². The summed E-state index contributed by atoms with van der Waals surface area (Å²) < 4.78 is 1.38. The third-order valence-electron chi connectivity index (χ3n) is 3.58. The molecule has 0 unspecified atom stereocenters. The minimum atomic E-state index is -0.655. The van der Waals surface area contributed by atoms with Crippen molar-refractivity contribution in [2.24, 2.45) is 7.05 Å². The lowest BCUT2D eigenvalue weighted by Crippen LogP contribution is -2.27. The molecule has 0 radical (unpaired) electrons. The van der Waals surface area contributed by atoms with Gasteiger partial charge in [-0.2, -0.15) is 0 Å². The molecule has 2 heterocycles. The first kappa shape index (κ1) is 15.6. The van der Waals surface area contributed by atoms with Crippen molar-refractivity contribution in [1.29, 1.82) is 0 Å². The highest BCUT2D eigenvalue weighted by molar-refractivity contribution is 7.17. The lowest BCUT2D eigenvalue weighted by atomic mass is 10.1. The first-order valence-electron chi connectivity index (χ1n) is 6.77. The molecule has 0 atom stereocenters. The summed E-state index contributed by atoms with van der Waals surface area (Å²) in [5, 5.41) is 15.9. The standard InChI is InChI=1S/C16H13ClN2O3S/c1-8-7-23-16-11(8)13(20)12(15(22)19(16)2)14(21)18-10-5-3-9(17)4-6-10/h3-7,20H,1-2H3,(H,18,21). The molecule has 2 N–H and O–H groups in total. The fourth-order valence-corrected chi connectivity index (χ4v) is 3.53. The Labute approximate surface area is 140 Å². The average Bonchev–Trinajstić information content (AvgIpc) is 2.90. The summed E-state index contributed by atoms with van der Waals surface area (Å²) in [5.74, 6) is -0.939. The van der Waals surface area contributed by atoms with Crippen LogP contribution in [0.1, 0.15) is 15.9 Å². The summed E-state index contributed by atoms with van der Waals surface area (Å²) in [7, 11) is 1.58. The van der Waals surface area contributed by atoms with E-state index in [0.29, 0.717) is 20.9 Å². The van der Waals surface area contributed by atoms with E-state index in [-0.39, 0.29) is 11.3 Å². The molecular formula is C16H13ClN2O3S. The molecule has 118 valence electrons. The molecule has 1 amide bonds. The van der Waals surface area contributed by atoms with E-state index in [9.17, 15) is 14.7 Å². The van der Waals surface area contributed by atoms with Crippen LogP contribution in [0.15, 0.2) is 34.4 Å². The second-order valence-electron chi connectivity index (χ2n) is 5.15. The van der Waals surface area contributed by atoms with Gasteiger partial charge in [0.1, 0.15) is 16.1 Å². The van der Waals surface area contributed by atoms with Gasteiger partial charge in [-0.3, -0.25) is 9.59 Å². The molecule has 0 spiro atoms. The molecular weight excluding hydrogens is 336 g/mol. The number of anilines is 1. The Kier molecular flexibility index (Phi) is 3.87. The number of carbonyl (C=O) groups excluding carboxylic acids is 1. The summed E-state index contributed by atoms with van der Waals surface area (Å²) in [6.07, 6.45) is 0. The number of amides is 1. The maximum atomic E-state index is 12.5. The number of thiophene rings is 1. The van der Waals surface area contributed by atoms with Crippen molar-refractivity contribution >= 4 is 44.7 Å². The zero-order valence-electron chi connectivity index (χ0n) is 12.4. The first-order valence-corrected chi connectivity index (χ1v) is 8.02. The van der Waals surface area contributed by atoms with Crippen LogP contribution in [0.5, 0.6) is 5.75 Å². The zero-order valence-corrected chi connectivity index (χ0v) is 14.0. The Hall–Kier alpha value is -2.31. The average molecular weight is 349 g/mol. The Balaban J connectivity index is 2.12. The van der Waals surface area contributed by atoms with E-state index >= 15 is 0 Å². The number of aromatic nitrogens is 1. The molecule has 0 fully saturated rings. The molecule has 2 aromatic heterocycles. The number of aromatic hydroxyl groups is 1. The second-order valence-corrected chi connectivity index (χ2v) is 6.44. The van der Waals surface area contributed by atoms with E-state index in [1.54, 1.807) is 31.3 Å². The van der Waals surface area contributed by atoms with Crippen LogP contribution in [-0.4, -0.2) is 15.6 Å². The quantitative estimate of drug-likeness (QED) is 0.744. The lowest BCUT2D eigenvalue weighted by molar-refractivity contribution is 0.102. The van der Waals surface area contributed by atoms with E-state index in [0.717, 1.165) is 5.56 Å². The van der Waals surface area contributed by atoms with E-state index in [1.807, 2.05) is 12.3 Å². The van der Waals surface area contributed by atoms with E-state index < -0.39 is 11.5 Å². The van der Waals surface area contributed by atoms with Gasteiger partial charge >= 0.3 is 0 Å². The molecule has 0 aliphatic heterocycles. The highest BCUT2D eigenvalue weighted by Crippen LogP contribution is 2.33. The van der Waals surface area contributed by atoms with Crippen LogP contribution in [0.4, 0.5) is 5.69 Å². The largest absolute Gasteiger partial charge is 0.506 e. The molecule has 0 aliphatic carbocycles. The van der Waals surface area contributed by atoms with Crippen molar-refractivity contribution in [1.82, 2.24) is 4.57 Å². The molecule has 0 saturated heterocycles. The van der Waals surface area contributed by atoms with Crippen molar-refractivity contribution in [2.45, 2.75) is 6.92 Å². The van der Waals surface area contributed by atoms with Crippen LogP contribution in [0.3, 0.4) is 0 Å². The smallest absolute Gasteiger partial charge is 0.268 e. The van der Waals surface area contributed by atoms with Crippen molar-refractivity contribution in [3.8, 4) is 5.75 Å². The van der Waals surface area contributed by atoms with Gasteiger partial charge in [-0.1, -0.05) is 11.6 Å². The van der Waals surface area contributed by atoms with Gasteiger partial charge in [-0.05, 0) is 42.1 Å². The summed E-state index contributed by atoms with van der Waals surface area (Å²) >= 11 is 7.15. The predicted molar refractivity (Wildman–Crippen MR) is 92.9 cm³/mol. The number of nitrogens with one attached hydrogen (secondary N) is 1. The van der Waals surface area contributed by atoms with Crippen LogP contribution in [-0.2, 0) is 7.05 Å². The third-order valence-corrected chi connectivity index (χ3v) is 5.01. The predicted octanol–water partition coefficient (Wildman–Crippen LogP) is 3.52. The number of fused-ring (bicyclic) bond motifs is 1. The van der Waals surface area contributed by atoms with Gasteiger partial charge in [0.15, 0.2) is 0 Å². The van der Waals surface area contributed by atoms with Gasteiger partial charge < -0.3 is 15.0 Å². The molecule has 3 rings (SSSR count). The van der Waals surface area contributed by atoms with Crippen molar-refractivity contribution in [3.05, 3.63) is 56.1 Å². The highest BCUT2D eigenvalue weighted by atomic mass is 35.5. The third kappa shape index (κ3) is 2.60. The van der Waals surface area contributed by atoms with Crippen LogP contribution >= 0.6 is 22.9 Å². The monoisotopic (exact) mass is 348 g/mol. The van der Waals surface area contributed by atoms with E-state index in [4.69, 9.17) is 11.6 Å². The molecule has 23 heavy (non-hydrogen) atoms. The molecule has 7 heteroatoms. The maximum absolute atomic E-state index is 12.5. The number of hydrogen-bond donors (Lipinski definition) is 2. The lowest BCUT2D eigenvalue weighted by Gasteiger charge is -2.10. The molecule has 0 saturated carbocycles. The van der Waals surface area contributed by atoms with Gasteiger partial charge in [0.2, 0.25) is 0 Å². The first-order chi connectivity index (χ1) is 10.9. The number of pyridine rings is 1. The van der Waals surface area contributed by atoms with Crippen LogP contribution in [0.25, 0.3) is 10.2 Å². The Morgan fingerprint density at radius 3 is 2.61 bits per heavy atom. The van der Waals surface area contributed by atoms with Crippen LogP contribution in [0.2, 0.25) is 5.02 Å². The summed E-state index contributed by atoms with van der Waals surface area (Å²) in [4.78, 5) is 25.5. The van der Waals surface area contributed by atoms with E-state index in [2.05, 4.69) is 5.32 Å². The summed E-state index contributed by atoms with van der Waals surface area (Å²) in [6.45, 7) is 1.82. The van der Waals surface area contributed by atoms with Gasteiger partial charge in [-0.25, -0.2) is 0 Å². The fraction of sp³-hybridized carbons (Fsp3) is 0.125. The summed E-state index contributed by atoms with van der Waals surface area (Å²) in [6, 6.07) is 6.50. The molecule has 3 aromatic rings. The number of nitrogens with zero attached hydrogens (tertiary/aromatic N) is 1.